The number of para-hydroxylation sites is 1. The molecule has 1 aromatic heterocycles. The lowest BCUT2D eigenvalue weighted by atomic mass is 10.1. The van der Waals surface area contributed by atoms with Gasteiger partial charge in [0.1, 0.15) is 0 Å². The Morgan fingerprint density at radius 2 is 2.00 bits per heavy atom. The molecule has 0 aliphatic carbocycles. The van der Waals surface area contributed by atoms with Crippen LogP contribution in [0.4, 0.5) is 11.6 Å². The van der Waals surface area contributed by atoms with Crippen LogP contribution in [0.5, 0.6) is 0 Å². The van der Waals surface area contributed by atoms with Gasteiger partial charge in [-0.25, -0.2) is 4.98 Å². The van der Waals surface area contributed by atoms with Crippen molar-refractivity contribution in [2.24, 2.45) is 0 Å². The van der Waals surface area contributed by atoms with Crippen molar-refractivity contribution in [1.29, 1.82) is 0 Å². The maximum atomic E-state index is 12.7. The fourth-order valence-electron chi connectivity index (χ4n) is 2.37. The highest BCUT2D eigenvalue weighted by atomic mass is 16.2. The Bertz CT molecular complexity index is 779. The molecule has 1 amide bonds. The second kappa shape index (κ2) is 5.28. The van der Waals surface area contributed by atoms with E-state index in [4.69, 9.17) is 5.73 Å². The third-order valence-electron chi connectivity index (χ3n) is 3.38. The molecule has 0 aliphatic rings. The van der Waals surface area contributed by atoms with E-state index in [1.54, 1.807) is 23.1 Å². The Kier molecular flexibility index (Phi) is 3.31. The maximum Gasteiger partial charge on any atom is 0.258 e. The van der Waals surface area contributed by atoms with Gasteiger partial charge < -0.3 is 15.6 Å². The Morgan fingerprint density at radius 1 is 1.24 bits per heavy atom. The first-order chi connectivity index (χ1) is 10.2. The van der Waals surface area contributed by atoms with Crippen LogP contribution in [0.3, 0.4) is 0 Å². The van der Waals surface area contributed by atoms with Gasteiger partial charge >= 0.3 is 0 Å². The molecular formula is C16H16N4O. The third-order valence-corrected chi connectivity index (χ3v) is 3.38. The molecule has 0 fully saturated rings. The van der Waals surface area contributed by atoms with E-state index in [-0.39, 0.29) is 5.91 Å². The molecule has 0 aliphatic heterocycles. The van der Waals surface area contributed by atoms with Gasteiger partial charge in [0.05, 0.1) is 11.0 Å². The first kappa shape index (κ1) is 13.2. The zero-order valence-electron chi connectivity index (χ0n) is 11.7. The number of carbonyl (C=O) groups excluding carboxylic acids is 1. The van der Waals surface area contributed by atoms with Gasteiger partial charge in [0.25, 0.3) is 5.91 Å². The number of carbonyl (C=O) groups is 1. The van der Waals surface area contributed by atoms with Crippen LogP contribution >= 0.6 is 0 Å². The van der Waals surface area contributed by atoms with Gasteiger partial charge in [-0.15, -0.1) is 0 Å². The van der Waals surface area contributed by atoms with Crippen molar-refractivity contribution in [3.05, 3.63) is 54.1 Å². The number of H-pyrrole nitrogens is 1. The molecule has 2 aromatic carbocycles. The van der Waals surface area contributed by atoms with Crippen molar-refractivity contribution in [2.75, 3.05) is 17.2 Å². The van der Waals surface area contributed by atoms with Crippen molar-refractivity contribution in [3.8, 4) is 0 Å². The highest BCUT2D eigenvalue weighted by Gasteiger charge is 2.16. The number of aromatic nitrogens is 2. The average Bonchev–Trinajstić information content (AvgIpc) is 2.88. The number of nitrogen functional groups attached to an aromatic ring is 1. The van der Waals surface area contributed by atoms with Crippen LogP contribution in [0.25, 0.3) is 11.0 Å². The van der Waals surface area contributed by atoms with Gasteiger partial charge in [0, 0.05) is 17.8 Å². The summed E-state index contributed by atoms with van der Waals surface area (Å²) in [5.41, 5.74) is 8.65. The van der Waals surface area contributed by atoms with E-state index in [0.29, 0.717) is 18.1 Å². The molecule has 0 saturated heterocycles. The lowest BCUT2D eigenvalue weighted by Gasteiger charge is -2.21. The number of fused-ring (bicyclic) bond motifs is 1. The summed E-state index contributed by atoms with van der Waals surface area (Å²) in [5, 5.41) is 0. The van der Waals surface area contributed by atoms with Crippen molar-refractivity contribution in [2.45, 2.75) is 6.92 Å². The first-order valence-electron chi connectivity index (χ1n) is 6.81. The van der Waals surface area contributed by atoms with Crippen LogP contribution in [0, 0.1) is 0 Å². The number of aromatic amines is 1. The van der Waals surface area contributed by atoms with Crippen molar-refractivity contribution < 1.29 is 4.79 Å². The number of nitrogens with one attached hydrogen (secondary N) is 1. The van der Waals surface area contributed by atoms with Crippen LogP contribution in [0.15, 0.2) is 48.5 Å². The van der Waals surface area contributed by atoms with Gasteiger partial charge in [0.2, 0.25) is 0 Å². The standard InChI is InChI=1S/C16H16N4O/c1-2-20(12-6-4-3-5-7-12)15(21)11-8-9-13-14(10-11)19-16(17)18-13/h3-10H,2H2,1H3,(H3,17,18,19). The molecule has 0 radical (unpaired) electrons. The maximum absolute atomic E-state index is 12.7. The highest BCUT2D eigenvalue weighted by molar-refractivity contribution is 6.07. The number of nitrogens with two attached hydrogens (primary N) is 1. The molecule has 3 N–H and O–H groups in total. The minimum Gasteiger partial charge on any atom is -0.369 e. The summed E-state index contributed by atoms with van der Waals surface area (Å²) in [6, 6.07) is 15.0. The molecule has 5 heteroatoms. The van der Waals surface area contributed by atoms with E-state index >= 15 is 0 Å². The van der Waals surface area contributed by atoms with Gasteiger partial charge in [0.15, 0.2) is 5.95 Å². The molecule has 5 nitrogen and oxygen atoms in total. The van der Waals surface area contributed by atoms with E-state index in [0.717, 1.165) is 16.7 Å². The molecule has 0 unspecified atom stereocenters. The van der Waals surface area contributed by atoms with Crippen molar-refractivity contribution in [3.63, 3.8) is 0 Å². The molecule has 106 valence electrons. The Balaban J connectivity index is 1.98. The summed E-state index contributed by atoms with van der Waals surface area (Å²) in [7, 11) is 0. The zero-order chi connectivity index (χ0) is 14.8. The van der Waals surface area contributed by atoms with Crippen molar-refractivity contribution in [1.82, 2.24) is 9.97 Å². The van der Waals surface area contributed by atoms with Gasteiger partial charge in [-0.05, 0) is 37.3 Å². The summed E-state index contributed by atoms with van der Waals surface area (Å²) in [6.45, 7) is 2.56. The minimum atomic E-state index is -0.0428. The molecule has 3 aromatic rings. The van der Waals surface area contributed by atoms with Crippen LogP contribution in [0.1, 0.15) is 17.3 Å². The molecule has 1 heterocycles. The highest BCUT2D eigenvalue weighted by Crippen LogP contribution is 2.19. The quantitative estimate of drug-likeness (QED) is 0.774. The number of hydrogen-bond acceptors (Lipinski definition) is 3. The number of amides is 1. The zero-order valence-corrected chi connectivity index (χ0v) is 11.7. The number of nitrogens with zero attached hydrogens (tertiary/aromatic N) is 2. The fraction of sp³-hybridized carbons (Fsp3) is 0.125. The summed E-state index contributed by atoms with van der Waals surface area (Å²) >= 11 is 0. The average molecular weight is 280 g/mol. The third kappa shape index (κ3) is 2.45. The molecule has 0 bridgehead atoms. The number of rotatable bonds is 3. The van der Waals surface area contributed by atoms with Crippen LogP contribution < -0.4 is 10.6 Å². The SMILES string of the molecule is CCN(C(=O)c1ccc2nc(N)[nH]c2c1)c1ccccc1. The molecule has 3 rings (SSSR count). The fourth-order valence-corrected chi connectivity index (χ4v) is 2.37. The van der Waals surface area contributed by atoms with Crippen LogP contribution in [0.2, 0.25) is 0 Å². The monoisotopic (exact) mass is 280 g/mol. The predicted octanol–water partition coefficient (Wildman–Crippen LogP) is 2.81. The lowest BCUT2D eigenvalue weighted by Crippen LogP contribution is -2.30. The molecule has 21 heavy (non-hydrogen) atoms. The molecular weight excluding hydrogens is 264 g/mol. The number of benzene rings is 2. The Hall–Kier alpha value is -2.82. The number of hydrogen-bond donors (Lipinski definition) is 2. The van der Waals surface area contributed by atoms with Crippen molar-refractivity contribution >= 4 is 28.6 Å². The largest absolute Gasteiger partial charge is 0.369 e. The van der Waals surface area contributed by atoms with Crippen LogP contribution in [-0.2, 0) is 0 Å². The second-order valence-electron chi connectivity index (χ2n) is 4.74. The Morgan fingerprint density at radius 3 is 2.71 bits per heavy atom. The second-order valence-corrected chi connectivity index (χ2v) is 4.74. The normalized spacial score (nSPS) is 10.7. The first-order valence-corrected chi connectivity index (χ1v) is 6.81. The number of imidazole rings is 1. The summed E-state index contributed by atoms with van der Waals surface area (Å²) in [6.07, 6.45) is 0. The van der Waals surface area contributed by atoms with E-state index < -0.39 is 0 Å². The molecule has 0 saturated carbocycles. The van der Waals surface area contributed by atoms with Crippen LogP contribution in [-0.4, -0.2) is 22.4 Å². The Labute approximate surface area is 122 Å². The summed E-state index contributed by atoms with van der Waals surface area (Å²) < 4.78 is 0. The van der Waals surface area contributed by atoms with Gasteiger partial charge in [-0.3, -0.25) is 4.79 Å². The van der Waals surface area contributed by atoms with E-state index in [1.807, 2.05) is 37.3 Å². The summed E-state index contributed by atoms with van der Waals surface area (Å²) in [4.78, 5) is 21.5. The number of anilines is 2. The summed E-state index contributed by atoms with van der Waals surface area (Å²) in [5.74, 6) is 0.309. The molecule has 0 atom stereocenters. The lowest BCUT2D eigenvalue weighted by molar-refractivity contribution is 0.0988. The van der Waals surface area contributed by atoms with E-state index in [9.17, 15) is 4.79 Å². The predicted molar refractivity (Wildman–Crippen MR) is 84.3 cm³/mol. The van der Waals surface area contributed by atoms with E-state index in [1.165, 1.54) is 0 Å². The topological polar surface area (TPSA) is 75.0 Å². The molecule has 0 spiro atoms. The smallest absolute Gasteiger partial charge is 0.258 e. The minimum absolute atomic E-state index is 0.0428. The van der Waals surface area contributed by atoms with Gasteiger partial charge in [-0.2, -0.15) is 0 Å². The van der Waals surface area contributed by atoms with Gasteiger partial charge in [-0.1, -0.05) is 18.2 Å². The van der Waals surface area contributed by atoms with E-state index in [2.05, 4.69) is 9.97 Å².